The molecule has 0 radical (unpaired) electrons. The molecule has 29 heavy (non-hydrogen) atoms. The molecule has 1 N–H and O–H groups in total. The maximum Gasteiger partial charge on any atom is 0.342 e. The first-order valence-corrected chi connectivity index (χ1v) is 8.47. The smallest absolute Gasteiger partial charge is 0.342 e. The average molecular weight is 404 g/mol. The zero-order chi connectivity index (χ0) is 21.9. The maximum absolute atomic E-state index is 12.7. The molecule has 0 aliphatic carbocycles. The standard InChI is InChI=1S/C19H20N2O8/c1-9-15(19(24)28-5)10(2)20-16(9)17(22)11(3)29-18(23)13-8-12(21(25)26)6-7-14(13)27-4/h6-8,11,20H,1-5H3/t11-/m0/s1. The Balaban J connectivity index is 2.29. The van der Waals surface area contributed by atoms with Gasteiger partial charge in [0, 0.05) is 17.8 Å². The minimum atomic E-state index is -1.23. The first-order valence-electron chi connectivity index (χ1n) is 8.47. The summed E-state index contributed by atoms with van der Waals surface area (Å²) in [6, 6.07) is 3.46. The molecular weight excluding hydrogens is 384 g/mol. The van der Waals surface area contributed by atoms with E-state index in [-0.39, 0.29) is 28.3 Å². The van der Waals surface area contributed by atoms with Crippen molar-refractivity contribution in [3.05, 3.63) is 56.4 Å². The van der Waals surface area contributed by atoms with Crippen molar-refractivity contribution in [3.63, 3.8) is 0 Å². The Kier molecular flexibility index (Phi) is 6.37. The summed E-state index contributed by atoms with van der Waals surface area (Å²) in [7, 11) is 2.53. The highest BCUT2D eigenvalue weighted by molar-refractivity contribution is 6.04. The van der Waals surface area contributed by atoms with Gasteiger partial charge >= 0.3 is 11.9 Å². The second-order valence-electron chi connectivity index (χ2n) is 6.17. The number of rotatable bonds is 7. The van der Waals surface area contributed by atoms with Crippen LogP contribution in [0.5, 0.6) is 5.75 Å². The first kappa shape index (κ1) is 21.6. The molecule has 10 nitrogen and oxygen atoms in total. The number of aromatic amines is 1. The number of benzene rings is 1. The predicted molar refractivity (Wildman–Crippen MR) is 100 cm³/mol. The number of carbonyl (C=O) groups excluding carboxylic acids is 3. The third-order valence-corrected chi connectivity index (χ3v) is 4.34. The number of ether oxygens (including phenoxy) is 3. The SMILES string of the molecule is COC(=O)c1c(C)[nH]c(C(=O)[C@H](C)OC(=O)c2cc([N+](=O)[O-])ccc2OC)c1C. The van der Waals surface area contributed by atoms with Crippen molar-refractivity contribution in [1.29, 1.82) is 0 Å². The van der Waals surface area contributed by atoms with E-state index in [0.717, 1.165) is 6.07 Å². The van der Waals surface area contributed by atoms with E-state index in [1.54, 1.807) is 13.8 Å². The van der Waals surface area contributed by atoms with Gasteiger partial charge in [-0.2, -0.15) is 0 Å². The van der Waals surface area contributed by atoms with Gasteiger partial charge in [-0.05, 0) is 32.4 Å². The minimum absolute atomic E-state index is 0.0696. The van der Waals surface area contributed by atoms with E-state index in [9.17, 15) is 24.5 Å². The second-order valence-corrected chi connectivity index (χ2v) is 6.17. The largest absolute Gasteiger partial charge is 0.496 e. The summed E-state index contributed by atoms with van der Waals surface area (Å²) < 4.78 is 14.9. The number of aromatic nitrogens is 1. The normalized spacial score (nSPS) is 11.5. The number of nitrogens with zero attached hydrogens (tertiary/aromatic N) is 1. The molecule has 0 bridgehead atoms. The highest BCUT2D eigenvalue weighted by atomic mass is 16.6. The summed E-state index contributed by atoms with van der Waals surface area (Å²) in [4.78, 5) is 50.2. The molecule has 1 aromatic carbocycles. The summed E-state index contributed by atoms with van der Waals surface area (Å²) >= 11 is 0. The minimum Gasteiger partial charge on any atom is -0.496 e. The van der Waals surface area contributed by atoms with Crippen LogP contribution in [0.3, 0.4) is 0 Å². The molecule has 154 valence electrons. The number of nitro groups is 1. The monoisotopic (exact) mass is 404 g/mol. The summed E-state index contributed by atoms with van der Waals surface area (Å²) in [6.45, 7) is 4.54. The number of ketones is 1. The van der Waals surface area contributed by atoms with Gasteiger partial charge in [0.05, 0.1) is 30.4 Å². The molecule has 0 spiro atoms. The van der Waals surface area contributed by atoms with Crippen LogP contribution in [0, 0.1) is 24.0 Å². The Morgan fingerprint density at radius 1 is 1.14 bits per heavy atom. The van der Waals surface area contributed by atoms with E-state index >= 15 is 0 Å². The summed E-state index contributed by atoms with van der Waals surface area (Å²) in [5.74, 6) is -2.06. The molecule has 0 saturated heterocycles. The highest BCUT2D eigenvalue weighted by Crippen LogP contribution is 2.26. The molecule has 0 amide bonds. The summed E-state index contributed by atoms with van der Waals surface area (Å²) in [5.41, 5.74) is 0.641. The van der Waals surface area contributed by atoms with Crippen LogP contribution in [-0.4, -0.2) is 48.0 Å². The quantitative estimate of drug-likeness (QED) is 0.322. The number of H-pyrrole nitrogens is 1. The van der Waals surface area contributed by atoms with Crippen molar-refractivity contribution in [1.82, 2.24) is 4.98 Å². The average Bonchev–Trinajstić information content (AvgIpc) is 2.99. The van der Waals surface area contributed by atoms with Gasteiger partial charge in [-0.15, -0.1) is 0 Å². The zero-order valence-electron chi connectivity index (χ0n) is 16.5. The third-order valence-electron chi connectivity index (χ3n) is 4.34. The van der Waals surface area contributed by atoms with Crippen molar-refractivity contribution in [3.8, 4) is 5.75 Å². The Morgan fingerprint density at radius 3 is 2.34 bits per heavy atom. The van der Waals surface area contributed by atoms with Gasteiger partial charge in [0.25, 0.3) is 5.69 Å². The predicted octanol–water partition coefficient (Wildman–Crippen LogP) is 2.76. The third kappa shape index (κ3) is 4.26. The van der Waals surface area contributed by atoms with Gasteiger partial charge in [0.1, 0.15) is 11.3 Å². The van der Waals surface area contributed by atoms with Crippen molar-refractivity contribution in [2.24, 2.45) is 0 Å². The molecule has 1 aromatic heterocycles. The number of nitro benzene ring substituents is 1. The van der Waals surface area contributed by atoms with E-state index in [2.05, 4.69) is 4.98 Å². The van der Waals surface area contributed by atoms with Gasteiger partial charge in [0.15, 0.2) is 6.10 Å². The molecule has 0 fully saturated rings. The fraction of sp³-hybridized carbons (Fsp3) is 0.316. The fourth-order valence-electron chi connectivity index (χ4n) is 2.85. The van der Waals surface area contributed by atoms with Gasteiger partial charge in [-0.1, -0.05) is 0 Å². The lowest BCUT2D eigenvalue weighted by Crippen LogP contribution is -2.25. The van der Waals surface area contributed by atoms with Gasteiger partial charge in [-0.3, -0.25) is 14.9 Å². The molecule has 1 atom stereocenters. The lowest BCUT2D eigenvalue weighted by atomic mass is 10.1. The number of nitrogens with one attached hydrogen (secondary N) is 1. The van der Waals surface area contributed by atoms with Crippen LogP contribution < -0.4 is 4.74 Å². The highest BCUT2D eigenvalue weighted by Gasteiger charge is 2.29. The van der Waals surface area contributed by atoms with E-state index in [1.807, 2.05) is 0 Å². The van der Waals surface area contributed by atoms with Crippen LogP contribution in [0.2, 0.25) is 0 Å². The fourth-order valence-corrected chi connectivity index (χ4v) is 2.85. The number of hydrogen-bond donors (Lipinski definition) is 1. The molecule has 1 heterocycles. The molecule has 2 rings (SSSR count). The first-order chi connectivity index (χ1) is 13.6. The van der Waals surface area contributed by atoms with Crippen LogP contribution in [0.4, 0.5) is 5.69 Å². The van der Waals surface area contributed by atoms with Crippen molar-refractivity contribution in [2.75, 3.05) is 14.2 Å². The number of esters is 2. The van der Waals surface area contributed by atoms with Crippen LogP contribution in [0.1, 0.15) is 49.4 Å². The molecule has 2 aromatic rings. The van der Waals surface area contributed by atoms with Gasteiger partial charge in [0.2, 0.25) is 5.78 Å². The van der Waals surface area contributed by atoms with E-state index in [1.165, 1.54) is 33.3 Å². The number of carbonyl (C=O) groups is 3. The van der Waals surface area contributed by atoms with Crippen LogP contribution in [0.15, 0.2) is 18.2 Å². The van der Waals surface area contributed by atoms with E-state index in [0.29, 0.717) is 11.3 Å². The van der Waals surface area contributed by atoms with Gasteiger partial charge in [-0.25, -0.2) is 9.59 Å². The van der Waals surface area contributed by atoms with Crippen LogP contribution in [-0.2, 0) is 9.47 Å². The second kappa shape index (κ2) is 8.55. The number of methoxy groups -OCH3 is 2. The Bertz CT molecular complexity index is 992. The van der Waals surface area contributed by atoms with Crippen molar-refractivity contribution in [2.45, 2.75) is 26.9 Å². The topological polar surface area (TPSA) is 138 Å². The molecule has 0 aliphatic rings. The van der Waals surface area contributed by atoms with Gasteiger partial charge < -0.3 is 19.2 Å². The number of Topliss-reactive ketones (excluding diaryl/α,β-unsaturated/α-hetero) is 1. The molecule has 0 aliphatic heterocycles. The number of non-ortho nitro benzene ring substituents is 1. The van der Waals surface area contributed by atoms with Crippen LogP contribution in [0.25, 0.3) is 0 Å². The Labute approximate surface area is 165 Å². The number of hydrogen-bond acceptors (Lipinski definition) is 8. The lowest BCUT2D eigenvalue weighted by Gasteiger charge is -2.14. The number of aryl methyl sites for hydroxylation is 1. The zero-order valence-corrected chi connectivity index (χ0v) is 16.5. The summed E-state index contributed by atoms with van der Waals surface area (Å²) in [6.07, 6.45) is -1.23. The Hall–Kier alpha value is -3.69. The van der Waals surface area contributed by atoms with Crippen molar-refractivity contribution < 1.29 is 33.5 Å². The molecular formula is C19H20N2O8. The molecule has 10 heteroatoms. The Morgan fingerprint density at radius 2 is 1.79 bits per heavy atom. The van der Waals surface area contributed by atoms with Crippen LogP contribution >= 0.6 is 0 Å². The maximum atomic E-state index is 12.7. The van der Waals surface area contributed by atoms with E-state index < -0.39 is 28.7 Å². The lowest BCUT2D eigenvalue weighted by molar-refractivity contribution is -0.384. The van der Waals surface area contributed by atoms with Crippen molar-refractivity contribution >= 4 is 23.4 Å². The molecule has 0 unspecified atom stereocenters. The summed E-state index contributed by atoms with van der Waals surface area (Å²) in [5, 5.41) is 11.0. The van der Waals surface area contributed by atoms with E-state index in [4.69, 9.17) is 14.2 Å². The molecule has 0 saturated carbocycles.